The highest BCUT2D eigenvalue weighted by Crippen LogP contribution is 2.45. The lowest BCUT2D eigenvalue weighted by molar-refractivity contribution is -0.122. The zero-order valence-corrected chi connectivity index (χ0v) is 30.1. The van der Waals surface area contributed by atoms with Crippen molar-refractivity contribution in [1.29, 1.82) is 0 Å². The first-order valence-electron chi connectivity index (χ1n) is 18.8. The lowest BCUT2D eigenvalue weighted by atomic mass is 9.86. The number of nitrogens with one attached hydrogen (secondary N) is 3. The van der Waals surface area contributed by atoms with E-state index in [0.29, 0.717) is 43.1 Å². The van der Waals surface area contributed by atoms with E-state index >= 15 is 0 Å². The number of anilines is 1. The summed E-state index contributed by atoms with van der Waals surface area (Å²) in [5.41, 5.74) is 3.18. The van der Waals surface area contributed by atoms with Gasteiger partial charge in [-0.15, -0.1) is 0 Å². The van der Waals surface area contributed by atoms with Crippen LogP contribution in [0.1, 0.15) is 108 Å². The van der Waals surface area contributed by atoms with Crippen LogP contribution in [0.25, 0.3) is 0 Å². The highest BCUT2D eigenvalue weighted by Gasteiger charge is 2.35. The summed E-state index contributed by atoms with van der Waals surface area (Å²) in [6, 6.07) is 12.9. The summed E-state index contributed by atoms with van der Waals surface area (Å²) < 4.78 is 11.7. The first-order valence-corrected chi connectivity index (χ1v) is 18.8. The summed E-state index contributed by atoms with van der Waals surface area (Å²) in [5.74, 6) is 0.689. The molecule has 6 rings (SSSR count). The molecular formula is C40H55N5O5. The second kappa shape index (κ2) is 16.3. The maximum absolute atomic E-state index is 14.1. The topological polar surface area (TPSA) is 112 Å². The molecule has 2 aromatic rings. The summed E-state index contributed by atoms with van der Waals surface area (Å²) in [5, 5.41) is 9.40. The molecule has 1 unspecified atom stereocenters. The van der Waals surface area contributed by atoms with E-state index in [9.17, 15) is 14.4 Å². The zero-order chi connectivity index (χ0) is 35.1. The van der Waals surface area contributed by atoms with Gasteiger partial charge in [0.25, 0.3) is 0 Å². The number of allylic oxidation sites excluding steroid dienone is 1. The van der Waals surface area contributed by atoms with E-state index in [1.54, 1.807) is 16.5 Å². The third kappa shape index (κ3) is 9.59. The molecule has 4 amide bonds. The van der Waals surface area contributed by atoms with Crippen molar-refractivity contribution in [3.63, 3.8) is 0 Å². The van der Waals surface area contributed by atoms with Crippen LogP contribution < -0.4 is 20.7 Å². The average Bonchev–Trinajstić information content (AvgIpc) is 3.21. The second-order valence-corrected chi connectivity index (χ2v) is 15.4. The molecule has 3 aliphatic heterocycles. The maximum Gasteiger partial charge on any atom is 0.410 e. The van der Waals surface area contributed by atoms with E-state index in [2.05, 4.69) is 26.9 Å². The van der Waals surface area contributed by atoms with Crippen LogP contribution in [0.3, 0.4) is 0 Å². The van der Waals surface area contributed by atoms with Gasteiger partial charge in [-0.3, -0.25) is 9.69 Å². The summed E-state index contributed by atoms with van der Waals surface area (Å²) in [6.07, 6.45) is 14.4. The molecular weight excluding hydrogens is 630 g/mol. The van der Waals surface area contributed by atoms with Crippen molar-refractivity contribution in [3.05, 3.63) is 65.2 Å². The van der Waals surface area contributed by atoms with Crippen molar-refractivity contribution in [2.24, 2.45) is 0 Å². The van der Waals surface area contributed by atoms with Gasteiger partial charge < -0.3 is 30.3 Å². The molecule has 2 aromatic carbocycles. The number of likely N-dealkylation sites (tertiary alicyclic amines) is 2. The Morgan fingerprint density at radius 2 is 1.50 bits per heavy atom. The molecule has 0 radical (unpaired) electrons. The first kappa shape index (κ1) is 35.8. The summed E-state index contributed by atoms with van der Waals surface area (Å²) in [6.45, 7) is 9.60. The predicted molar refractivity (Wildman–Crippen MR) is 196 cm³/mol. The van der Waals surface area contributed by atoms with Crippen molar-refractivity contribution < 1.29 is 23.9 Å². The van der Waals surface area contributed by atoms with Crippen molar-refractivity contribution in [2.75, 3.05) is 38.0 Å². The Morgan fingerprint density at radius 3 is 2.28 bits per heavy atom. The van der Waals surface area contributed by atoms with Crippen LogP contribution in [0, 0.1) is 0 Å². The molecule has 3 heterocycles. The highest BCUT2D eigenvalue weighted by atomic mass is 16.6. The molecule has 1 atom stereocenters. The van der Waals surface area contributed by atoms with Crippen LogP contribution in [0.4, 0.5) is 15.3 Å². The first-order chi connectivity index (χ1) is 24.1. The van der Waals surface area contributed by atoms with Gasteiger partial charge in [0.15, 0.2) is 0 Å². The molecule has 2 saturated heterocycles. The average molecular weight is 686 g/mol. The molecule has 3 N–H and O–H groups in total. The number of fused-ring (bicyclic) bond motifs is 2. The molecule has 0 aromatic heterocycles. The molecule has 10 nitrogen and oxygen atoms in total. The number of amides is 4. The number of carbonyl (C=O) groups is 3. The lowest BCUT2D eigenvalue weighted by Crippen LogP contribution is -2.48. The van der Waals surface area contributed by atoms with Gasteiger partial charge in [0, 0.05) is 61.6 Å². The van der Waals surface area contributed by atoms with Crippen molar-refractivity contribution in [3.8, 4) is 11.5 Å². The van der Waals surface area contributed by atoms with Gasteiger partial charge in [0.1, 0.15) is 17.1 Å². The lowest BCUT2D eigenvalue weighted by Gasteiger charge is -2.34. The predicted octanol–water partition coefficient (Wildman–Crippen LogP) is 7.70. The fourth-order valence-corrected chi connectivity index (χ4v) is 7.60. The molecule has 10 heteroatoms. The molecule has 0 bridgehead atoms. The van der Waals surface area contributed by atoms with Gasteiger partial charge >= 0.3 is 12.1 Å². The standard InChI is InChI=1S/C40H55N5O5/c1-40(2,3)50-39(48)45-24-20-30(21-25-45)42-38(47)43-31-16-17-35-33(26-31)36(32-14-10-11-15-34(32)49-35)37(46)41-29-18-22-44(23-19-29)27-28-12-8-6-4-5-7-9-13-28/h10-12,14-17,26,29-30,36H,4-9,13,18-25,27H2,1-3H3,(H,41,46)(H2,42,43,47)/b28-12+. The van der Waals surface area contributed by atoms with Crippen molar-refractivity contribution >= 4 is 23.7 Å². The third-order valence-electron chi connectivity index (χ3n) is 10.3. The van der Waals surface area contributed by atoms with Crippen molar-refractivity contribution in [1.82, 2.24) is 20.4 Å². The van der Waals surface area contributed by atoms with Gasteiger partial charge in [0.2, 0.25) is 5.91 Å². The molecule has 4 aliphatic rings. The Bertz CT molecular complexity index is 1530. The molecule has 0 spiro atoms. The summed E-state index contributed by atoms with van der Waals surface area (Å²) in [7, 11) is 0. The number of urea groups is 1. The number of para-hydroxylation sites is 1. The SMILES string of the molecule is CC(C)(C)OC(=O)N1CCC(NC(=O)Nc2ccc3c(c2)C(C(=O)NC2CCN(C/C4=C/CCCCCCC4)CC2)c2ccccc2O3)CC1. The number of rotatable bonds is 6. The number of carbonyl (C=O) groups excluding carboxylic acids is 3. The number of hydrogen-bond donors (Lipinski definition) is 3. The van der Waals surface area contributed by atoms with Gasteiger partial charge in [-0.25, -0.2) is 9.59 Å². The fourth-order valence-electron chi connectivity index (χ4n) is 7.60. The Morgan fingerprint density at radius 1 is 0.820 bits per heavy atom. The normalized spacial score (nSPS) is 21.9. The van der Waals surface area contributed by atoms with Gasteiger partial charge in [-0.05, 0) is 96.4 Å². The molecule has 270 valence electrons. The maximum atomic E-state index is 14.1. The fraction of sp³-hybridized carbons (Fsp3) is 0.575. The summed E-state index contributed by atoms with van der Waals surface area (Å²) >= 11 is 0. The second-order valence-electron chi connectivity index (χ2n) is 15.4. The van der Waals surface area contributed by atoms with Gasteiger partial charge in [0.05, 0.1) is 5.92 Å². The monoisotopic (exact) mass is 685 g/mol. The van der Waals surface area contributed by atoms with Gasteiger partial charge in [-0.2, -0.15) is 0 Å². The Hall–Kier alpha value is -4.05. The van der Waals surface area contributed by atoms with Gasteiger partial charge in [-0.1, -0.05) is 49.1 Å². The molecule has 50 heavy (non-hydrogen) atoms. The van der Waals surface area contributed by atoms with E-state index in [0.717, 1.165) is 43.6 Å². The quantitative estimate of drug-likeness (QED) is 0.269. The van der Waals surface area contributed by atoms with E-state index < -0.39 is 11.5 Å². The molecule has 2 fully saturated rings. The van der Waals surface area contributed by atoms with Crippen molar-refractivity contribution in [2.45, 2.75) is 115 Å². The van der Waals surface area contributed by atoms with E-state index in [1.807, 2.05) is 57.2 Å². The minimum atomic E-state index is -0.556. The molecule has 0 saturated carbocycles. The largest absolute Gasteiger partial charge is 0.457 e. The van der Waals surface area contributed by atoms with Crippen LogP contribution in [0.5, 0.6) is 11.5 Å². The zero-order valence-electron chi connectivity index (χ0n) is 30.1. The Labute approximate surface area is 297 Å². The molecule has 1 aliphatic carbocycles. The number of benzene rings is 2. The van der Waals surface area contributed by atoms with E-state index in [1.165, 1.54) is 44.9 Å². The highest BCUT2D eigenvalue weighted by molar-refractivity contribution is 5.92. The Balaban J connectivity index is 1.05. The minimum absolute atomic E-state index is 0.0437. The number of ether oxygens (including phenoxy) is 2. The number of hydrogen-bond acceptors (Lipinski definition) is 6. The minimum Gasteiger partial charge on any atom is -0.457 e. The van der Waals surface area contributed by atoms with Crippen LogP contribution in [0.15, 0.2) is 54.1 Å². The Kier molecular flexibility index (Phi) is 11.7. The van der Waals surface area contributed by atoms with E-state index in [-0.39, 0.29) is 30.1 Å². The third-order valence-corrected chi connectivity index (χ3v) is 10.3. The van der Waals surface area contributed by atoms with Crippen LogP contribution in [0.2, 0.25) is 0 Å². The number of nitrogens with zero attached hydrogens (tertiary/aromatic N) is 2. The van der Waals surface area contributed by atoms with Crippen LogP contribution in [-0.2, 0) is 9.53 Å². The van der Waals surface area contributed by atoms with Crippen LogP contribution in [-0.4, -0.2) is 78.2 Å². The van der Waals surface area contributed by atoms with E-state index in [4.69, 9.17) is 9.47 Å². The smallest absolute Gasteiger partial charge is 0.410 e. The number of piperidine rings is 2. The van der Waals surface area contributed by atoms with Crippen LogP contribution >= 0.6 is 0 Å². The summed E-state index contributed by atoms with van der Waals surface area (Å²) in [4.78, 5) is 43.9.